The Hall–Kier alpha value is -0.870. The first kappa shape index (κ1) is 18.2. The lowest BCUT2D eigenvalue weighted by Crippen LogP contribution is -2.38. The van der Waals surface area contributed by atoms with Gasteiger partial charge in [0, 0.05) is 6.04 Å². The van der Waals surface area contributed by atoms with Gasteiger partial charge in [0.05, 0.1) is 10.6 Å². The van der Waals surface area contributed by atoms with Crippen LogP contribution >= 0.6 is 0 Å². The zero-order valence-electron chi connectivity index (χ0n) is 14.1. The van der Waals surface area contributed by atoms with Crippen LogP contribution in [-0.2, 0) is 15.3 Å². The van der Waals surface area contributed by atoms with Crippen LogP contribution in [0.4, 0.5) is 0 Å². The number of hydrogen-bond donors (Lipinski definition) is 1. The Kier molecular flexibility index (Phi) is 6.00. The van der Waals surface area contributed by atoms with Gasteiger partial charge >= 0.3 is 0 Å². The Morgan fingerprint density at radius 2 is 1.67 bits per heavy atom. The molecule has 0 fully saturated rings. The topological polar surface area (TPSA) is 46.2 Å². The second-order valence-electron chi connectivity index (χ2n) is 6.84. The van der Waals surface area contributed by atoms with Crippen LogP contribution in [0, 0.1) is 5.92 Å². The number of sulfone groups is 1. The summed E-state index contributed by atoms with van der Waals surface area (Å²) < 4.78 is 25.1. The minimum atomic E-state index is -3.25. The first-order valence-corrected chi connectivity index (χ1v) is 9.27. The van der Waals surface area contributed by atoms with E-state index in [0.29, 0.717) is 10.8 Å². The summed E-state index contributed by atoms with van der Waals surface area (Å²) in [6, 6.07) is 7.30. The molecule has 0 aliphatic rings. The maximum atomic E-state index is 12.5. The average molecular weight is 311 g/mol. The molecule has 0 amide bonds. The molecule has 0 bridgehead atoms. The first-order valence-electron chi connectivity index (χ1n) is 7.62. The highest BCUT2D eigenvalue weighted by atomic mass is 32.2. The summed E-state index contributed by atoms with van der Waals surface area (Å²) in [5.74, 6) is 0.478. The van der Waals surface area contributed by atoms with Gasteiger partial charge in [-0.15, -0.1) is 0 Å². The fourth-order valence-corrected chi connectivity index (χ4v) is 4.02. The van der Waals surface area contributed by atoms with Gasteiger partial charge < -0.3 is 5.32 Å². The number of rotatable bonds is 6. The standard InChI is InChI=1S/C17H29NO2S/c1-7-13(2)16(18-6)12-21(19,20)15-10-8-14(9-11-15)17(3,4)5/h8-11,13,16,18H,7,12H2,1-6H3. The molecule has 1 aromatic rings. The molecule has 0 aromatic heterocycles. The minimum absolute atomic E-state index is 0.0118. The fraction of sp³-hybridized carbons (Fsp3) is 0.647. The quantitative estimate of drug-likeness (QED) is 0.876. The number of hydrogen-bond acceptors (Lipinski definition) is 3. The van der Waals surface area contributed by atoms with E-state index < -0.39 is 9.84 Å². The molecule has 0 spiro atoms. The van der Waals surface area contributed by atoms with Crippen LogP contribution in [0.1, 0.15) is 46.6 Å². The van der Waals surface area contributed by atoms with E-state index in [9.17, 15) is 8.42 Å². The maximum absolute atomic E-state index is 12.5. The Labute approximate surface area is 130 Å². The third-order valence-corrected chi connectivity index (χ3v) is 5.97. The second-order valence-corrected chi connectivity index (χ2v) is 8.87. The lowest BCUT2D eigenvalue weighted by Gasteiger charge is -2.23. The van der Waals surface area contributed by atoms with Crippen molar-refractivity contribution in [3.8, 4) is 0 Å². The van der Waals surface area contributed by atoms with Crippen LogP contribution in [0.2, 0.25) is 0 Å². The van der Waals surface area contributed by atoms with Gasteiger partial charge in [0.15, 0.2) is 9.84 Å². The smallest absolute Gasteiger partial charge is 0.179 e. The Bertz CT molecular complexity index is 541. The van der Waals surface area contributed by atoms with Crippen molar-refractivity contribution >= 4 is 9.84 Å². The zero-order valence-corrected chi connectivity index (χ0v) is 14.9. The Balaban J connectivity index is 2.98. The van der Waals surface area contributed by atoms with Crippen molar-refractivity contribution in [2.24, 2.45) is 5.92 Å². The molecule has 120 valence electrons. The molecule has 1 rings (SSSR count). The van der Waals surface area contributed by atoms with Gasteiger partial charge in [0.1, 0.15) is 0 Å². The van der Waals surface area contributed by atoms with Crippen LogP contribution in [-0.4, -0.2) is 27.3 Å². The van der Waals surface area contributed by atoms with Crippen molar-refractivity contribution in [3.05, 3.63) is 29.8 Å². The summed E-state index contributed by atoms with van der Waals surface area (Å²) in [4.78, 5) is 0.416. The fourth-order valence-electron chi connectivity index (χ4n) is 2.31. The monoisotopic (exact) mass is 311 g/mol. The molecule has 0 radical (unpaired) electrons. The van der Waals surface area contributed by atoms with Crippen molar-refractivity contribution < 1.29 is 8.42 Å². The highest BCUT2D eigenvalue weighted by Crippen LogP contribution is 2.24. The third kappa shape index (κ3) is 4.82. The average Bonchev–Trinajstić information content (AvgIpc) is 2.43. The summed E-state index contributed by atoms with van der Waals surface area (Å²) in [6.07, 6.45) is 0.962. The molecule has 21 heavy (non-hydrogen) atoms. The zero-order chi connectivity index (χ0) is 16.3. The first-order chi connectivity index (χ1) is 9.61. The molecular formula is C17H29NO2S. The lowest BCUT2D eigenvalue weighted by atomic mass is 9.87. The summed E-state index contributed by atoms with van der Waals surface area (Å²) >= 11 is 0. The van der Waals surface area contributed by atoms with Crippen molar-refractivity contribution in [1.29, 1.82) is 0 Å². The molecule has 3 nitrogen and oxygen atoms in total. The van der Waals surface area contributed by atoms with Crippen molar-refractivity contribution in [3.63, 3.8) is 0 Å². The maximum Gasteiger partial charge on any atom is 0.179 e. The van der Waals surface area contributed by atoms with Gasteiger partial charge in [-0.25, -0.2) is 8.42 Å². The van der Waals surface area contributed by atoms with Gasteiger partial charge in [0.25, 0.3) is 0 Å². The van der Waals surface area contributed by atoms with E-state index in [-0.39, 0.29) is 17.2 Å². The molecule has 2 unspecified atom stereocenters. The van der Waals surface area contributed by atoms with E-state index in [0.717, 1.165) is 12.0 Å². The van der Waals surface area contributed by atoms with E-state index in [1.807, 2.05) is 19.2 Å². The predicted octanol–water partition coefficient (Wildman–Crippen LogP) is 3.39. The lowest BCUT2D eigenvalue weighted by molar-refractivity contribution is 0.414. The molecule has 1 aromatic carbocycles. The highest BCUT2D eigenvalue weighted by molar-refractivity contribution is 7.91. The minimum Gasteiger partial charge on any atom is -0.316 e. The molecule has 2 atom stereocenters. The summed E-state index contributed by atoms with van der Waals surface area (Å²) in [6.45, 7) is 10.5. The second kappa shape index (κ2) is 6.93. The number of benzene rings is 1. The van der Waals surface area contributed by atoms with Crippen molar-refractivity contribution in [2.45, 2.75) is 57.4 Å². The van der Waals surface area contributed by atoms with Crippen LogP contribution in [0.3, 0.4) is 0 Å². The van der Waals surface area contributed by atoms with Crippen molar-refractivity contribution in [1.82, 2.24) is 5.32 Å². The van der Waals surface area contributed by atoms with Gasteiger partial charge in [-0.05, 0) is 36.1 Å². The summed E-state index contributed by atoms with van der Waals surface area (Å²) in [7, 11) is -1.42. The molecule has 0 aliphatic heterocycles. The van der Waals surface area contributed by atoms with Gasteiger partial charge in [0.2, 0.25) is 0 Å². The van der Waals surface area contributed by atoms with E-state index in [4.69, 9.17) is 0 Å². The normalized spacial score (nSPS) is 15.7. The predicted molar refractivity (Wildman–Crippen MR) is 89.5 cm³/mol. The van der Waals surface area contributed by atoms with Crippen LogP contribution in [0.5, 0.6) is 0 Å². The Morgan fingerprint density at radius 1 is 1.14 bits per heavy atom. The molecule has 0 heterocycles. The summed E-state index contributed by atoms with van der Waals surface area (Å²) in [5, 5.41) is 3.14. The Morgan fingerprint density at radius 3 is 2.05 bits per heavy atom. The number of nitrogens with one attached hydrogen (secondary N) is 1. The van der Waals surface area contributed by atoms with E-state index in [1.165, 1.54) is 0 Å². The molecule has 1 N–H and O–H groups in total. The SMILES string of the molecule is CCC(C)C(CS(=O)(=O)c1ccc(C(C)(C)C)cc1)NC. The molecular weight excluding hydrogens is 282 g/mol. The molecule has 0 aliphatic carbocycles. The van der Waals surface area contributed by atoms with Gasteiger partial charge in [-0.2, -0.15) is 0 Å². The highest BCUT2D eigenvalue weighted by Gasteiger charge is 2.24. The van der Waals surface area contributed by atoms with E-state index in [1.54, 1.807) is 12.1 Å². The van der Waals surface area contributed by atoms with Crippen molar-refractivity contribution in [2.75, 3.05) is 12.8 Å². The van der Waals surface area contributed by atoms with E-state index >= 15 is 0 Å². The van der Waals surface area contributed by atoms with E-state index in [2.05, 4.69) is 39.9 Å². The van der Waals surface area contributed by atoms with Gasteiger partial charge in [-0.3, -0.25) is 0 Å². The van der Waals surface area contributed by atoms with Crippen LogP contribution in [0.15, 0.2) is 29.2 Å². The van der Waals surface area contributed by atoms with Crippen LogP contribution < -0.4 is 5.32 Å². The molecule has 4 heteroatoms. The van der Waals surface area contributed by atoms with Gasteiger partial charge in [-0.1, -0.05) is 53.2 Å². The largest absolute Gasteiger partial charge is 0.316 e. The third-order valence-electron chi connectivity index (χ3n) is 4.18. The van der Waals surface area contributed by atoms with Crippen LogP contribution in [0.25, 0.3) is 0 Å². The summed E-state index contributed by atoms with van der Waals surface area (Å²) in [5.41, 5.74) is 1.18. The molecule has 0 saturated carbocycles. The molecule has 0 saturated heterocycles.